The van der Waals surface area contributed by atoms with Crippen molar-refractivity contribution in [2.24, 2.45) is 0 Å². The molecular weight excluding hydrogens is 402 g/mol. The van der Waals surface area contributed by atoms with E-state index >= 15 is 0 Å². The van der Waals surface area contributed by atoms with Gasteiger partial charge in [-0.25, -0.2) is 8.42 Å². The van der Waals surface area contributed by atoms with Gasteiger partial charge in [0.05, 0.1) is 18.5 Å². The monoisotopic (exact) mass is 429 g/mol. The Balaban J connectivity index is 1.39. The van der Waals surface area contributed by atoms with Crippen LogP contribution in [0.4, 0.5) is 11.4 Å². The highest BCUT2D eigenvalue weighted by molar-refractivity contribution is 7.92. The molecule has 2 aliphatic heterocycles. The third-order valence-electron chi connectivity index (χ3n) is 5.55. The first-order valence-electron chi connectivity index (χ1n) is 10.3. The molecular formula is C22H27N3O4S. The molecule has 2 heterocycles. The van der Waals surface area contributed by atoms with Gasteiger partial charge in [-0.15, -0.1) is 0 Å². The lowest BCUT2D eigenvalue weighted by molar-refractivity contribution is -0.127. The quantitative estimate of drug-likeness (QED) is 0.790. The minimum absolute atomic E-state index is 0.0461. The summed E-state index contributed by atoms with van der Waals surface area (Å²) in [6.45, 7) is 2.50. The SMILES string of the molecule is CS(=O)(=O)N1C[C@@H](C(=O)NCc2ccc(N3CCCCC3)cc2)Oc2ccccc21. The first kappa shape index (κ1) is 20.5. The number of nitrogens with zero attached hydrogens (tertiary/aromatic N) is 2. The number of hydrogen-bond acceptors (Lipinski definition) is 5. The van der Waals surface area contributed by atoms with Crippen LogP contribution in [0.5, 0.6) is 5.75 Å². The molecule has 7 nitrogen and oxygen atoms in total. The molecule has 2 aromatic rings. The summed E-state index contributed by atoms with van der Waals surface area (Å²) < 4.78 is 31.4. The topological polar surface area (TPSA) is 79.0 Å². The number of rotatable bonds is 5. The molecule has 8 heteroatoms. The highest BCUT2D eigenvalue weighted by atomic mass is 32.2. The Morgan fingerprint density at radius 3 is 2.47 bits per heavy atom. The molecule has 0 aromatic heterocycles. The number of nitrogens with one attached hydrogen (secondary N) is 1. The summed E-state index contributed by atoms with van der Waals surface area (Å²) in [5.74, 6) is 0.0541. The first-order chi connectivity index (χ1) is 14.4. The maximum absolute atomic E-state index is 12.7. The van der Waals surface area contributed by atoms with E-state index in [0.29, 0.717) is 18.0 Å². The zero-order valence-electron chi connectivity index (χ0n) is 17.1. The molecule has 2 aromatic carbocycles. The van der Waals surface area contributed by atoms with Gasteiger partial charge in [0, 0.05) is 25.3 Å². The van der Waals surface area contributed by atoms with E-state index in [1.54, 1.807) is 24.3 Å². The number of fused-ring (bicyclic) bond motifs is 1. The number of ether oxygens (including phenoxy) is 1. The Bertz CT molecular complexity index is 1000. The second kappa shape index (κ2) is 8.55. The van der Waals surface area contributed by atoms with Gasteiger partial charge >= 0.3 is 0 Å². The third kappa shape index (κ3) is 4.53. The molecule has 0 saturated carbocycles. The fourth-order valence-electron chi connectivity index (χ4n) is 3.93. The van der Waals surface area contributed by atoms with E-state index < -0.39 is 16.1 Å². The van der Waals surface area contributed by atoms with Crippen molar-refractivity contribution >= 4 is 27.3 Å². The van der Waals surface area contributed by atoms with Crippen molar-refractivity contribution in [2.75, 3.05) is 35.1 Å². The molecule has 0 unspecified atom stereocenters. The molecule has 1 saturated heterocycles. The van der Waals surface area contributed by atoms with Crippen LogP contribution in [-0.4, -0.2) is 46.3 Å². The van der Waals surface area contributed by atoms with Crippen molar-refractivity contribution in [3.8, 4) is 5.75 Å². The van der Waals surface area contributed by atoms with E-state index in [4.69, 9.17) is 4.74 Å². The number of piperidine rings is 1. The van der Waals surface area contributed by atoms with Gasteiger partial charge in [0.15, 0.2) is 6.10 Å². The van der Waals surface area contributed by atoms with Gasteiger partial charge in [-0.1, -0.05) is 24.3 Å². The normalized spacial score (nSPS) is 19.0. The van der Waals surface area contributed by atoms with Gasteiger partial charge in [0.25, 0.3) is 5.91 Å². The van der Waals surface area contributed by atoms with Crippen molar-refractivity contribution in [2.45, 2.75) is 31.9 Å². The molecule has 160 valence electrons. The van der Waals surface area contributed by atoms with Crippen LogP contribution in [0, 0.1) is 0 Å². The highest BCUT2D eigenvalue weighted by Crippen LogP contribution is 2.34. The van der Waals surface area contributed by atoms with Gasteiger partial charge in [0.2, 0.25) is 10.0 Å². The van der Waals surface area contributed by atoms with Crippen LogP contribution < -0.4 is 19.3 Å². The van der Waals surface area contributed by atoms with Crippen LogP contribution in [0.2, 0.25) is 0 Å². The number of amides is 1. The van der Waals surface area contributed by atoms with Gasteiger partial charge in [-0.05, 0) is 49.1 Å². The van der Waals surface area contributed by atoms with E-state index in [0.717, 1.165) is 24.9 Å². The predicted molar refractivity (Wildman–Crippen MR) is 117 cm³/mol. The van der Waals surface area contributed by atoms with Crippen LogP contribution in [0.1, 0.15) is 24.8 Å². The Labute approximate surface area is 177 Å². The van der Waals surface area contributed by atoms with E-state index in [-0.39, 0.29) is 12.5 Å². The van der Waals surface area contributed by atoms with Crippen molar-refractivity contribution in [1.82, 2.24) is 5.32 Å². The molecule has 1 fully saturated rings. The number of para-hydroxylation sites is 2. The minimum atomic E-state index is -3.52. The van der Waals surface area contributed by atoms with Crippen molar-refractivity contribution < 1.29 is 17.9 Å². The molecule has 0 bridgehead atoms. The van der Waals surface area contributed by atoms with Crippen molar-refractivity contribution in [1.29, 1.82) is 0 Å². The van der Waals surface area contributed by atoms with Gasteiger partial charge in [0.1, 0.15) is 5.75 Å². The van der Waals surface area contributed by atoms with Crippen LogP contribution in [0.15, 0.2) is 48.5 Å². The first-order valence-corrected chi connectivity index (χ1v) is 12.1. The van der Waals surface area contributed by atoms with Crippen LogP contribution in [0.3, 0.4) is 0 Å². The molecule has 0 spiro atoms. The lowest BCUT2D eigenvalue weighted by Gasteiger charge is -2.33. The van der Waals surface area contributed by atoms with E-state index in [1.165, 1.54) is 29.3 Å². The number of carbonyl (C=O) groups is 1. The Kier molecular flexibility index (Phi) is 5.85. The number of anilines is 2. The molecule has 2 aliphatic rings. The minimum Gasteiger partial charge on any atom is -0.476 e. The molecule has 30 heavy (non-hydrogen) atoms. The third-order valence-corrected chi connectivity index (χ3v) is 6.70. The molecule has 1 amide bonds. The zero-order valence-corrected chi connectivity index (χ0v) is 17.9. The summed E-state index contributed by atoms with van der Waals surface area (Å²) in [7, 11) is -3.52. The number of hydrogen-bond donors (Lipinski definition) is 1. The summed E-state index contributed by atoms with van der Waals surface area (Å²) in [4.78, 5) is 15.1. The predicted octanol–water partition coefficient (Wildman–Crippen LogP) is 2.52. The van der Waals surface area contributed by atoms with E-state index in [1.807, 2.05) is 12.1 Å². The second-order valence-corrected chi connectivity index (χ2v) is 9.71. The smallest absolute Gasteiger partial charge is 0.263 e. The largest absolute Gasteiger partial charge is 0.476 e. The van der Waals surface area contributed by atoms with Gasteiger partial charge in [-0.2, -0.15) is 0 Å². The van der Waals surface area contributed by atoms with Crippen molar-refractivity contribution in [3.05, 3.63) is 54.1 Å². The van der Waals surface area contributed by atoms with Gasteiger partial charge in [-0.3, -0.25) is 9.10 Å². The molecule has 1 N–H and O–H groups in total. The Morgan fingerprint density at radius 2 is 1.77 bits per heavy atom. The molecule has 1 atom stereocenters. The second-order valence-electron chi connectivity index (χ2n) is 7.80. The average Bonchev–Trinajstić information content (AvgIpc) is 2.77. The average molecular weight is 430 g/mol. The Hall–Kier alpha value is -2.74. The summed E-state index contributed by atoms with van der Waals surface area (Å²) in [6, 6.07) is 15.1. The van der Waals surface area contributed by atoms with E-state index in [2.05, 4.69) is 22.3 Å². The standard InChI is InChI=1S/C22H27N3O4S/c1-30(27,28)25-16-21(29-20-8-4-3-7-19(20)25)22(26)23-15-17-9-11-18(12-10-17)24-13-5-2-6-14-24/h3-4,7-12,21H,2,5-6,13-16H2,1H3,(H,23,26)/t21-/m0/s1. The molecule has 0 radical (unpaired) electrons. The lowest BCUT2D eigenvalue weighted by atomic mass is 10.1. The number of carbonyl (C=O) groups excluding carboxylic acids is 1. The maximum atomic E-state index is 12.7. The molecule has 4 rings (SSSR count). The summed E-state index contributed by atoms with van der Waals surface area (Å²) in [5.41, 5.74) is 2.65. The van der Waals surface area contributed by atoms with Gasteiger partial charge < -0.3 is 15.0 Å². The summed E-state index contributed by atoms with van der Waals surface area (Å²) >= 11 is 0. The van der Waals surface area contributed by atoms with Crippen LogP contribution in [-0.2, 0) is 21.4 Å². The Morgan fingerprint density at radius 1 is 1.07 bits per heavy atom. The maximum Gasteiger partial charge on any atom is 0.263 e. The molecule has 0 aliphatic carbocycles. The summed E-state index contributed by atoms with van der Waals surface area (Å²) in [6.07, 6.45) is 3.99. The highest BCUT2D eigenvalue weighted by Gasteiger charge is 2.34. The van der Waals surface area contributed by atoms with Crippen molar-refractivity contribution in [3.63, 3.8) is 0 Å². The number of benzene rings is 2. The fourth-order valence-corrected chi connectivity index (χ4v) is 4.85. The number of sulfonamides is 1. The van der Waals surface area contributed by atoms with E-state index in [9.17, 15) is 13.2 Å². The lowest BCUT2D eigenvalue weighted by Crippen LogP contribution is -2.50. The zero-order chi connectivity index (χ0) is 21.1. The summed E-state index contributed by atoms with van der Waals surface area (Å²) in [5, 5.41) is 2.87. The van der Waals surface area contributed by atoms with Crippen LogP contribution >= 0.6 is 0 Å². The van der Waals surface area contributed by atoms with Crippen LogP contribution in [0.25, 0.3) is 0 Å². The fraction of sp³-hybridized carbons (Fsp3) is 0.409.